The van der Waals surface area contributed by atoms with E-state index in [1.165, 1.54) is 0 Å². The van der Waals surface area contributed by atoms with E-state index in [9.17, 15) is 4.79 Å². The predicted molar refractivity (Wildman–Crippen MR) is 81.8 cm³/mol. The van der Waals surface area contributed by atoms with Gasteiger partial charge in [-0.2, -0.15) is 5.26 Å². The summed E-state index contributed by atoms with van der Waals surface area (Å²) in [5.74, 6) is 1.71. The van der Waals surface area contributed by atoms with Crippen molar-refractivity contribution in [3.8, 4) is 6.07 Å². The number of aromatic nitrogens is 1. The van der Waals surface area contributed by atoms with Crippen molar-refractivity contribution in [3.63, 3.8) is 0 Å². The van der Waals surface area contributed by atoms with E-state index in [2.05, 4.69) is 29.8 Å². The van der Waals surface area contributed by atoms with Gasteiger partial charge >= 0.3 is 0 Å². The van der Waals surface area contributed by atoms with Gasteiger partial charge in [-0.05, 0) is 24.5 Å². The largest absolute Gasteiger partial charge is 0.353 e. The first-order chi connectivity index (χ1) is 10.1. The fourth-order valence-electron chi connectivity index (χ4n) is 2.39. The van der Waals surface area contributed by atoms with E-state index < -0.39 is 0 Å². The molecule has 1 aliphatic heterocycles. The zero-order chi connectivity index (χ0) is 15.2. The summed E-state index contributed by atoms with van der Waals surface area (Å²) in [4.78, 5) is 20.5. The molecule has 5 nitrogen and oxygen atoms in total. The van der Waals surface area contributed by atoms with Crippen molar-refractivity contribution >= 4 is 11.7 Å². The number of hydrogen-bond donors (Lipinski definition) is 0. The van der Waals surface area contributed by atoms with Crippen LogP contribution in [0.4, 0.5) is 5.82 Å². The molecule has 112 valence electrons. The maximum atomic E-state index is 12.1. The van der Waals surface area contributed by atoms with Gasteiger partial charge in [0, 0.05) is 38.8 Å². The maximum absolute atomic E-state index is 12.1. The smallest absolute Gasteiger partial charge is 0.222 e. The van der Waals surface area contributed by atoms with Crippen LogP contribution in [0.3, 0.4) is 0 Å². The minimum Gasteiger partial charge on any atom is -0.353 e. The molecule has 21 heavy (non-hydrogen) atoms. The molecule has 1 aromatic rings. The number of carbonyl (C=O) groups is 1. The molecule has 2 rings (SSSR count). The van der Waals surface area contributed by atoms with Crippen molar-refractivity contribution < 1.29 is 4.79 Å². The summed E-state index contributed by atoms with van der Waals surface area (Å²) in [7, 11) is 0. The summed E-state index contributed by atoms with van der Waals surface area (Å²) in [5, 5.41) is 8.78. The third-order valence-electron chi connectivity index (χ3n) is 3.77. The highest BCUT2D eigenvalue weighted by molar-refractivity contribution is 5.76. The topological polar surface area (TPSA) is 60.2 Å². The Hall–Kier alpha value is -2.09. The lowest BCUT2D eigenvalue weighted by Crippen LogP contribution is -2.49. The Morgan fingerprint density at radius 1 is 1.33 bits per heavy atom. The van der Waals surface area contributed by atoms with Gasteiger partial charge < -0.3 is 9.80 Å². The predicted octanol–water partition coefficient (Wildman–Crippen LogP) is 2.04. The molecule has 0 N–H and O–H groups in total. The minimum absolute atomic E-state index is 0.260. The van der Waals surface area contributed by atoms with Crippen LogP contribution >= 0.6 is 0 Å². The van der Waals surface area contributed by atoms with Crippen molar-refractivity contribution in [1.82, 2.24) is 9.88 Å². The van der Waals surface area contributed by atoms with E-state index in [1.54, 1.807) is 12.3 Å². The SMILES string of the molecule is CC(C)CCC(=O)N1CCN(c2ccc(C#N)cn2)CC1. The average molecular weight is 286 g/mol. The van der Waals surface area contributed by atoms with Gasteiger partial charge in [-0.25, -0.2) is 4.98 Å². The van der Waals surface area contributed by atoms with Gasteiger partial charge in [0.05, 0.1) is 5.56 Å². The molecule has 0 radical (unpaired) electrons. The van der Waals surface area contributed by atoms with Crippen LogP contribution < -0.4 is 4.90 Å². The third kappa shape index (κ3) is 4.19. The molecule has 1 fully saturated rings. The maximum Gasteiger partial charge on any atom is 0.222 e. The molecule has 0 spiro atoms. The number of anilines is 1. The highest BCUT2D eigenvalue weighted by atomic mass is 16.2. The van der Waals surface area contributed by atoms with Crippen LogP contribution in [0.2, 0.25) is 0 Å². The number of nitrogens with zero attached hydrogens (tertiary/aromatic N) is 4. The molecule has 0 aliphatic carbocycles. The molecular formula is C16H22N4O. The second-order valence-electron chi connectivity index (χ2n) is 5.82. The standard InChI is InChI=1S/C16H22N4O/c1-13(2)3-6-16(21)20-9-7-19(8-10-20)15-5-4-14(11-17)12-18-15/h4-5,12-13H,3,6-10H2,1-2H3. The zero-order valence-corrected chi connectivity index (χ0v) is 12.7. The van der Waals surface area contributed by atoms with E-state index in [0.29, 0.717) is 17.9 Å². The minimum atomic E-state index is 0.260. The number of amides is 1. The van der Waals surface area contributed by atoms with Gasteiger partial charge in [0.15, 0.2) is 0 Å². The van der Waals surface area contributed by atoms with Crippen LogP contribution in [-0.4, -0.2) is 42.0 Å². The van der Waals surface area contributed by atoms with Gasteiger partial charge in [0.1, 0.15) is 11.9 Å². The lowest BCUT2D eigenvalue weighted by atomic mass is 10.1. The molecule has 0 saturated carbocycles. The molecule has 1 saturated heterocycles. The summed E-state index contributed by atoms with van der Waals surface area (Å²) in [6, 6.07) is 5.72. The van der Waals surface area contributed by atoms with Crippen LogP contribution in [0.1, 0.15) is 32.3 Å². The van der Waals surface area contributed by atoms with Crippen LogP contribution in [0.5, 0.6) is 0 Å². The lowest BCUT2D eigenvalue weighted by Gasteiger charge is -2.35. The molecule has 1 aromatic heterocycles. The molecule has 0 unspecified atom stereocenters. The Bertz CT molecular complexity index is 510. The molecule has 0 bridgehead atoms. The normalized spacial score (nSPS) is 15.1. The molecule has 0 atom stereocenters. The van der Waals surface area contributed by atoms with Crippen molar-refractivity contribution in [2.45, 2.75) is 26.7 Å². The Morgan fingerprint density at radius 2 is 2.05 bits per heavy atom. The van der Waals surface area contributed by atoms with Crippen molar-refractivity contribution in [3.05, 3.63) is 23.9 Å². The number of nitriles is 1. The van der Waals surface area contributed by atoms with E-state index in [1.807, 2.05) is 11.0 Å². The lowest BCUT2D eigenvalue weighted by molar-refractivity contribution is -0.131. The van der Waals surface area contributed by atoms with Crippen molar-refractivity contribution in [1.29, 1.82) is 5.26 Å². The Morgan fingerprint density at radius 3 is 2.57 bits per heavy atom. The van der Waals surface area contributed by atoms with E-state index >= 15 is 0 Å². The number of hydrogen-bond acceptors (Lipinski definition) is 4. The van der Waals surface area contributed by atoms with Crippen LogP contribution in [-0.2, 0) is 4.79 Å². The Labute approximate surface area is 126 Å². The fraction of sp³-hybridized carbons (Fsp3) is 0.562. The first-order valence-electron chi connectivity index (χ1n) is 7.49. The molecule has 1 aliphatic rings. The Balaban J connectivity index is 1.85. The highest BCUT2D eigenvalue weighted by Crippen LogP contribution is 2.15. The fourth-order valence-corrected chi connectivity index (χ4v) is 2.39. The summed E-state index contributed by atoms with van der Waals surface area (Å²) in [6.07, 6.45) is 3.19. The van der Waals surface area contributed by atoms with Gasteiger partial charge in [0.2, 0.25) is 5.91 Å². The first-order valence-corrected chi connectivity index (χ1v) is 7.49. The number of piperazine rings is 1. The number of pyridine rings is 1. The molecule has 2 heterocycles. The summed E-state index contributed by atoms with van der Waals surface area (Å²) in [6.45, 7) is 7.37. The molecular weight excluding hydrogens is 264 g/mol. The van der Waals surface area contributed by atoms with Gasteiger partial charge in [-0.1, -0.05) is 13.8 Å². The summed E-state index contributed by atoms with van der Waals surface area (Å²) >= 11 is 0. The van der Waals surface area contributed by atoms with E-state index in [-0.39, 0.29) is 5.91 Å². The van der Waals surface area contributed by atoms with E-state index in [0.717, 1.165) is 38.4 Å². The molecule has 1 amide bonds. The van der Waals surface area contributed by atoms with E-state index in [4.69, 9.17) is 5.26 Å². The van der Waals surface area contributed by atoms with Gasteiger partial charge in [-0.15, -0.1) is 0 Å². The second kappa shape index (κ2) is 7.07. The van der Waals surface area contributed by atoms with Crippen molar-refractivity contribution in [2.24, 2.45) is 5.92 Å². The van der Waals surface area contributed by atoms with Crippen molar-refractivity contribution in [2.75, 3.05) is 31.1 Å². The molecule has 0 aromatic carbocycles. The third-order valence-corrected chi connectivity index (χ3v) is 3.77. The molecule has 5 heteroatoms. The van der Waals surface area contributed by atoms with Gasteiger partial charge in [-0.3, -0.25) is 4.79 Å². The summed E-state index contributed by atoms with van der Waals surface area (Å²) < 4.78 is 0. The number of carbonyl (C=O) groups excluding carboxylic acids is 1. The Kier molecular flexibility index (Phi) is 5.15. The quantitative estimate of drug-likeness (QED) is 0.850. The number of rotatable bonds is 4. The first kappa shape index (κ1) is 15.3. The van der Waals surface area contributed by atoms with Crippen LogP contribution in [0.15, 0.2) is 18.3 Å². The average Bonchev–Trinajstić information content (AvgIpc) is 2.53. The highest BCUT2D eigenvalue weighted by Gasteiger charge is 2.21. The monoisotopic (exact) mass is 286 g/mol. The van der Waals surface area contributed by atoms with Gasteiger partial charge in [0.25, 0.3) is 0 Å². The van der Waals surface area contributed by atoms with Crippen LogP contribution in [0, 0.1) is 17.2 Å². The summed E-state index contributed by atoms with van der Waals surface area (Å²) in [5.41, 5.74) is 0.571. The second-order valence-corrected chi connectivity index (χ2v) is 5.82. The van der Waals surface area contributed by atoms with Crippen LogP contribution in [0.25, 0.3) is 0 Å². The zero-order valence-electron chi connectivity index (χ0n) is 12.7.